The number of carbonyl (C=O) groups is 2. The zero-order valence-corrected chi connectivity index (χ0v) is 23.0. The molecular weight excluding hydrogens is 502 g/mol. The highest BCUT2D eigenvalue weighted by atomic mass is 35.5. The lowest BCUT2D eigenvalue weighted by atomic mass is 9.85. The zero-order valence-electron chi connectivity index (χ0n) is 22.2. The van der Waals surface area contributed by atoms with Crippen molar-refractivity contribution in [1.29, 1.82) is 0 Å². The molecule has 2 N–H and O–H groups in total. The zero-order chi connectivity index (χ0) is 27.6. The summed E-state index contributed by atoms with van der Waals surface area (Å²) >= 11 is 6.01. The number of hydrogen-bond donors (Lipinski definition) is 2. The van der Waals surface area contributed by atoms with Gasteiger partial charge in [-0.3, -0.25) is 0 Å². The highest BCUT2D eigenvalue weighted by Crippen LogP contribution is 2.32. The number of aliphatic hydroxyl groups excluding tert-OH is 1. The number of aromatic carboxylic acids is 1. The monoisotopic (exact) mass is 535 g/mol. The van der Waals surface area contributed by atoms with Gasteiger partial charge in [-0.05, 0) is 105 Å². The third-order valence-corrected chi connectivity index (χ3v) is 7.14. The molecule has 1 aliphatic rings. The first-order valence-electron chi connectivity index (χ1n) is 12.8. The number of aliphatic hydroxyl groups is 1. The fraction of sp³-hybridized carbons (Fsp3) is 0.355. The Hall–Kier alpha value is -3.35. The van der Waals surface area contributed by atoms with Gasteiger partial charge in [-0.2, -0.15) is 0 Å². The minimum absolute atomic E-state index is 0.103. The summed E-state index contributed by atoms with van der Waals surface area (Å²) in [6.07, 6.45) is 0.846. The standard InChI is InChI=1S/C31H34ClNO5/c1-19-15-23(29(35)36)10-14-27(19)22-6-5-20-9-13-26(17-24(20)16-22)33(30(37)38-31(2,3)4)18-28(34)21-7-11-25(32)12-8-21/h5-8,10-12,14-16,26,28,34H,9,13,17-18H2,1-4H3,(H,35,36)/t26-,28-/m0/s1. The largest absolute Gasteiger partial charge is 0.478 e. The molecule has 0 aliphatic heterocycles. The van der Waals surface area contributed by atoms with Gasteiger partial charge in [-0.25, -0.2) is 9.59 Å². The molecule has 1 amide bonds. The van der Waals surface area contributed by atoms with E-state index in [0.29, 0.717) is 17.0 Å². The highest BCUT2D eigenvalue weighted by Gasteiger charge is 2.33. The van der Waals surface area contributed by atoms with Crippen LogP contribution in [0.25, 0.3) is 11.1 Å². The summed E-state index contributed by atoms with van der Waals surface area (Å²) in [5.41, 5.74) is 5.50. The lowest BCUT2D eigenvalue weighted by molar-refractivity contribution is 0.00195. The Morgan fingerprint density at radius 1 is 1.05 bits per heavy atom. The Bertz CT molecular complexity index is 1330. The van der Waals surface area contributed by atoms with Crippen LogP contribution >= 0.6 is 11.6 Å². The van der Waals surface area contributed by atoms with Crippen molar-refractivity contribution < 1.29 is 24.5 Å². The van der Waals surface area contributed by atoms with Gasteiger partial charge in [0.05, 0.1) is 18.2 Å². The topological polar surface area (TPSA) is 87.1 Å². The Labute approximate surface area is 228 Å². The number of aryl methyl sites for hydroxylation is 2. The van der Waals surface area contributed by atoms with E-state index in [1.807, 2.05) is 33.8 Å². The maximum absolute atomic E-state index is 13.3. The minimum atomic E-state index is -0.948. The summed E-state index contributed by atoms with van der Waals surface area (Å²) < 4.78 is 5.74. The second-order valence-electron chi connectivity index (χ2n) is 10.9. The lowest BCUT2D eigenvalue weighted by Crippen LogP contribution is -2.47. The van der Waals surface area contributed by atoms with E-state index in [2.05, 4.69) is 18.2 Å². The number of carbonyl (C=O) groups excluding carboxylic acids is 1. The van der Waals surface area contributed by atoms with Gasteiger partial charge < -0.3 is 19.8 Å². The van der Waals surface area contributed by atoms with Crippen LogP contribution < -0.4 is 0 Å². The second-order valence-corrected chi connectivity index (χ2v) is 11.4. The van der Waals surface area contributed by atoms with Crippen molar-refractivity contribution in [3.8, 4) is 11.1 Å². The average Bonchev–Trinajstić information content (AvgIpc) is 2.85. The molecule has 3 aromatic rings. The van der Waals surface area contributed by atoms with Crippen molar-refractivity contribution >= 4 is 23.7 Å². The molecule has 4 rings (SSSR count). The third-order valence-electron chi connectivity index (χ3n) is 6.89. The number of fused-ring (bicyclic) bond motifs is 1. The van der Waals surface area contributed by atoms with Gasteiger partial charge >= 0.3 is 12.1 Å². The molecule has 200 valence electrons. The van der Waals surface area contributed by atoms with E-state index < -0.39 is 23.8 Å². The van der Waals surface area contributed by atoms with Gasteiger partial charge in [0, 0.05) is 11.1 Å². The third kappa shape index (κ3) is 6.55. The molecule has 0 saturated carbocycles. The van der Waals surface area contributed by atoms with Crippen LogP contribution in [-0.4, -0.2) is 45.4 Å². The van der Waals surface area contributed by atoms with Gasteiger partial charge in [-0.1, -0.05) is 48.0 Å². The van der Waals surface area contributed by atoms with Crippen molar-refractivity contribution in [3.63, 3.8) is 0 Å². The van der Waals surface area contributed by atoms with E-state index in [4.69, 9.17) is 16.3 Å². The van der Waals surface area contributed by atoms with Crippen LogP contribution in [0.1, 0.15) is 65.9 Å². The number of carboxylic acid groups (broad SMARTS) is 1. The first kappa shape index (κ1) is 27.7. The summed E-state index contributed by atoms with van der Waals surface area (Å²) in [6.45, 7) is 7.51. The predicted molar refractivity (Wildman–Crippen MR) is 149 cm³/mol. The van der Waals surface area contributed by atoms with Gasteiger partial charge in [0.25, 0.3) is 0 Å². The van der Waals surface area contributed by atoms with E-state index in [0.717, 1.165) is 35.1 Å². The quantitative estimate of drug-likeness (QED) is 0.361. The van der Waals surface area contributed by atoms with Gasteiger partial charge in [0.15, 0.2) is 0 Å². The summed E-state index contributed by atoms with van der Waals surface area (Å²) in [6, 6.07) is 18.3. The molecule has 2 atom stereocenters. The fourth-order valence-electron chi connectivity index (χ4n) is 4.96. The Kier molecular flexibility index (Phi) is 8.14. The first-order chi connectivity index (χ1) is 17.9. The molecule has 1 aliphatic carbocycles. The fourth-order valence-corrected chi connectivity index (χ4v) is 5.09. The molecule has 0 bridgehead atoms. The highest BCUT2D eigenvalue weighted by molar-refractivity contribution is 6.30. The molecule has 0 aromatic heterocycles. The van der Waals surface area contributed by atoms with Crippen LogP contribution in [0.2, 0.25) is 5.02 Å². The van der Waals surface area contributed by atoms with Gasteiger partial charge in [0.2, 0.25) is 0 Å². The smallest absolute Gasteiger partial charge is 0.410 e. The number of ether oxygens (including phenoxy) is 1. The van der Waals surface area contributed by atoms with Crippen molar-refractivity contribution in [2.24, 2.45) is 0 Å². The molecule has 0 saturated heterocycles. The number of halogens is 1. The van der Waals surface area contributed by atoms with Crippen LogP contribution in [0.5, 0.6) is 0 Å². The maximum Gasteiger partial charge on any atom is 0.410 e. The number of nitrogens with zero attached hydrogens (tertiary/aromatic N) is 1. The minimum Gasteiger partial charge on any atom is -0.478 e. The summed E-state index contributed by atoms with van der Waals surface area (Å²) in [4.78, 5) is 26.3. The Morgan fingerprint density at radius 2 is 1.76 bits per heavy atom. The number of carboxylic acids is 1. The van der Waals surface area contributed by atoms with Crippen molar-refractivity contribution in [2.45, 2.75) is 64.7 Å². The summed E-state index contributed by atoms with van der Waals surface area (Å²) in [7, 11) is 0. The summed E-state index contributed by atoms with van der Waals surface area (Å²) in [5, 5.41) is 20.9. The van der Waals surface area contributed by atoms with E-state index in [1.165, 1.54) is 5.56 Å². The predicted octanol–water partition coefficient (Wildman–Crippen LogP) is 6.84. The van der Waals surface area contributed by atoms with Crippen LogP contribution in [0.4, 0.5) is 4.79 Å². The van der Waals surface area contributed by atoms with Crippen LogP contribution in [0.3, 0.4) is 0 Å². The van der Waals surface area contributed by atoms with E-state index >= 15 is 0 Å². The number of benzene rings is 3. The number of amides is 1. The Balaban J connectivity index is 1.61. The van der Waals surface area contributed by atoms with Crippen molar-refractivity contribution in [2.75, 3.05) is 6.54 Å². The molecule has 0 fully saturated rings. The molecule has 6 nitrogen and oxygen atoms in total. The molecule has 38 heavy (non-hydrogen) atoms. The summed E-state index contributed by atoms with van der Waals surface area (Å²) in [5.74, 6) is -0.948. The number of hydrogen-bond acceptors (Lipinski definition) is 4. The lowest BCUT2D eigenvalue weighted by Gasteiger charge is -2.37. The van der Waals surface area contributed by atoms with Crippen LogP contribution in [0, 0.1) is 6.92 Å². The van der Waals surface area contributed by atoms with E-state index in [-0.39, 0.29) is 18.2 Å². The molecule has 3 aromatic carbocycles. The SMILES string of the molecule is Cc1cc(C(=O)O)ccc1-c1ccc2c(c1)C[C@@H](N(C[C@H](O)c1ccc(Cl)cc1)C(=O)OC(C)(C)C)CC2. The molecule has 0 radical (unpaired) electrons. The van der Waals surface area contributed by atoms with Crippen LogP contribution in [0.15, 0.2) is 60.7 Å². The Morgan fingerprint density at radius 3 is 2.39 bits per heavy atom. The molecule has 0 heterocycles. The molecule has 0 spiro atoms. The van der Waals surface area contributed by atoms with E-state index in [1.54, 1.807) is 41.3 Å². The first-order valence-corrected chi connectivity index (χ1v) is 13.2. The van der Waals surface area contributed by atoms with Gasteiger partial charge in [0.1, 0.15) is 5.60 Å². The van der Waals surface area contributed by atoms with Gasteiger partial charge in [-0.15, -0.1) is 0 Å². The molecule has 7 heteroatoms. The average molecular weight is 536 g/mol. The number of rotatable bonds is 6. The normalized spacial score (nSPS) is 15.9. The van der Waals surface area contributed by atoms with Crippen LogP contribution in [-0.2, 0) is 17.6 Å². The van der Waals surface area contributed by atoms with Crippen molar-refractivity contribution in [3.05, 3.63) is 93.5 Å². The van der Waals surface area contributed by atoms with Crippen molar-refractivity contribution in [1.82, 2.24) is 4.90 Å². The molecule has 0 unspecified atom stereocenters. The molecular formula is C31H34ClNO5. The second kappa shape index (κ2) is 11.2. The van der Waals surface area contributed by atoms with E-state index in [9.17, 15) is 19.8 Å². The maximum atomic E-state index is 13.3.